The summed E-state index contributed by atoms with van der Waals surface area (Å²) in [5, 5.41) is 13.5. The molecule has 0 unspecified atom stereocenters. The monoisotopic (exact) mass is 371 g/mol. The van der Waals surface area contributed by atoms with Gasteiger partial charge in [-0.2, -0.15) is 4.73 Å². The van der Waals surface area contributed by atoms with E-state index in [9.17, 15) is 19.6 Å². The third kappa shape index (κ3) is 5.53. The first kappa shape index (κ1) is 19.9. The molecule has 0 aliphatic carbocycles. The van der Waals surface area contributed by atoms with Crippen LogP contribution in [0.25, 0.3) is 0 Å². The van der Waals surface area contributed by atoms with Gasteiger partial charge in [0, 0.05) is 36.5 Å². The van der Waals surface area contributed by atoms with Gasteiger partial charge in [-0.05, 0) is 38.1 Å². The number of amides is 2. The topological polar surface area (TPSA) is 103 Å². The average molecular weight is 371 g/mol. The summed E-state index contributed by atoms with van der Waals surface area (Å²) in [7, 11) is 0. The second-order valence-electron chi connectivity index (χ2n) is 5.63. The third-order valence-corrected chi connectivity index (χ3v) is 3.84. The van der Waals surface area contributed by atoms with Crippen molar-refractivity contribution >= 4 is 23.5 Å². The smallest absolute Gasteiger partial charge is 0.339 e. The van der Waals surface area contributed by atoms with Crippen LogP contribution in [-0.2, 0) is 9.53 Å². The molecule has 27 heavy (non-hydrogen) atoms. The fourth-order valence-electron chi connectivity index (χ4n) is 2.35. The molecule has 142 valence electrons. The van der Waals surface area contributed by atoms with Crippen LogP contribution in [0.1, 0.15) is 34.6 Å². The van der Waals surface area contributed by atoms with Gasteiger partial charge in [0.05, 0.1) is 5.56 Å². The van der Waals surface area contributed by atoms with Gasteiger partial charge in [0.25, 0.3) is 11.8 Å². The second kappa shape index (κ2) is 9.33. The Labute approximate surface area is 156 Å². The number of hydrogen-bond acceptors (Lipinski definition) is 5. The van der Waals surface area contributed by atoms with Gasteiger partial charge < -0.3 is 20.2 Å². The molecule has 2 aromatic rings. The quantitative estimate of drug-likeness (QED) is 0.452. The molecule has 1 N–H and O–H groups in total. The summed E-state index contributed by atoms with van der Waals surface area (Å²) < 4.78 is 5.44. The number of aromatic nitrogens is 1. The Morgan fingerprint density at radius 1 is 1.00 bits per heavy atom. The maximum absolute atomic E-state index is 12.2. The lowest BCUT2D eigenvalue weighted by Gasteiger charge is -2.18. The standard InChI is InChI=1S/C19H21N3O5/c1-3-21(4-2)18(24)14-5-7-16(8-6-14)20-17(23)13-27-19(25)15-9-11-22(26)12-10-15/h5-12H,3-4,13H2,1-2H3,(H,20,23). The highest BCUT2D eigenvalue weighted by Gasteiger charge is 2.13. The molecule has 0 radical (unpaired) electrons. The van der Waals surface area contributed by atoms with Crippen LogP contribution in [0.15, 0.2) is 48.8 Å². The molecule has 8 nitrogen and oxygen atoms in total. The molecule has 0 saturated carbocycles. The normalized spacial score (nSPS) is 10.1. The molecule has 0 bridgehead atoms. The molecule has 0 spiro atoms. The molecule has 8 heteroatoms. The highest BCUT2D eigenvalue weighted by atomic mass is 16.5. The summed E-state index contributed by atoms with van der Waals surface area (Å²) in [4.78, 5) is 37.6. The maximum Gasteiger partial charge on any atom is 0.339 e. The minimum atomic E-state index is -0.703. The zero-order valence-corrected chi connectivity index (χ0v) is 15.2. The molecule has 1 aromatic heterocycles. The lowest BCUT2D eigenvalue weighted by atomic mass is 10.2. The van der Waals surface area contributed by atoms with E-state index in [1.54, 1.807) is 29.2 Å². The van der Waals surface area contributed by atoms with Crippen LogP contribution in [0.2, 0.25) is 0 Å². The summed E-state index contributed by atoms with van der Waals surface area (Å²) in [6, 6.07) is 9.09. The zero-order valence-electron chi connectivity index (χ0n) is 15.2. The molecule has 2 amide bonds. The molecule has 1 heterocycles. The van der Waals surface area contributed by atoms with Gasteiger partial charge in [-0.25, -0.2) is 4.79 Å². The van der Waals surface area contributed by atoms with E-state index >= 15 is 0 Å². The largest absolute Gasteiger partial charge is 0.619 e. The van der Waals surface area contributed by atoms with E-state index in [4.69, 9.17) is 4.74 Å². The first-order valence-electron chi connectivity index (χ1n) is 8.49. The molecule has 0 saturated heterocycles. The lowest BCUT2D eigenvalue weighted by molar-refractivity contribution is -0.605. The van der Waals surface area contributed by atoms with Crippen molar-refractivity contribution in [2.24, 2.45) is 0 Å². The SMILES string of the molecule is CCN(CC)C(=O)c1ccc(NC(=O)COC(=O)c2cc[n+]([O-])cc2)cc1. The minimum absolute atomic E-state index is 0.0749. The number of anilines is 1. The van der Waals surface area contributed by atoms with Crippen molar-refractivity contribution < 1.29 is 23.9 Å². The van der Waals surface area contributed by atoms with Crippen LogP contribution in [-0.4, -0.2) is 42.4 Å². The molecule has 1 aromatic carbocycles. The minimum Gasteiger partial charge on any atom is -0.619 e. The van der Waals surface area contributed by atoms with Crippen molar-refractivity contribution in [3.8, 4) is 0 Å². The van der Waals surface area contributed by atoms with E-state index in [2.05, 4.69) is 5.32 Å². The fourth-order valence-corrected chi connectivity index (χ4v) is 2.35. The van der Waals surface area contributed by atoms with Crippen molar-refractivity contribution in [1.29, 1.82) is 0 Å². The predicted octanol–water partition coefficient (Wildman–Crippen LogP) is 1.60. The number of nitrogens with zero attached hydrogens (tertiary/aromatic N) is 2. The van der Waals surface area contributed by atoms with Crippen molar-refractivity contribution in [2.75, 3.05) is 25.0 Å². The second-order valence-corrected chi connectivity index (χ2v) is 5.63. The molecular formula is C19H21N3O5. The van der Waals surface area contributed by atoms with Crippen molar-refractivity contribution in [1.82, 2.24) is 4.90 Å². The summed E-state index contributed by atoms with van der Waals surface area (Å²) in [6.45, 7) is 4.59. The number of ether oxygens (including phenoxy) is 1. The lowest BCUT2D eigenvalue weighted by Crippen LogP contribution is -2.30. The highest BCUT2D eigenvalue weighted by molar-refractivity contribution is 5.97. The number of pyridine rings is 1. The van der Waals surface area contributed by atoms with E-state index in [-0.39, 0.29) is 11.5 Å². The van der Waals surface area contributed by atoms with Gasteiger partial charge >= 0.3 is 5.97 Å². The van der Waals surface area contributed by atoms with Gasteiger partial charge in [-0.3, -0.25) is 9.59 Å². The summed E-state index contributed by atoms with van der Waals surface area (Å²) in [5.41, 5.74) is 1.19. The van der Waals surface area contributed by atoms with Gasteiger partial charge in [0.2, 0.25) is 0 Å². The Morgan fingerprint density at radius 3 is 2.15 bits per heavy atom. The van der Waals surface area contributed by atoms with Crippen LogP contribution < -0.4 is 10.0 Å². The Bertz CT molecular complexity index is 799. The number of hydrogen-bond donors (Lipinski definition) is 1. The van der Waals surface area contributed by atoms with Gasteiger partial charge in [0.15, 0.2) is 19.0 Å². The van der Waals surface area contributed by atoms with Gasteiger partial charge in [0.1, 0.15) is 0 Å². The Balaban J connectivity index is 1.87. The fraction of sp³-hybridized carbons (Fsp3) is 0.263. The highest BCUT2D eigenvalue weighted by Crippen LogP contribution is 2.12. The van der Waals surface area contributed by atoms with E-state index < -0.39 is 18.5 Å². The Morgan fingerprint density at radius 2 is 1.59 bits per heavy atom. The first-order chi connectivity index (χ1) is 12.9. The Kier molecular flexibility index (Phi) is 6.87. The summed E-state index contributed by atoms with van der Waals surface area (Å²) >= 11 is 0. The molecule has 0 atom stereocenters. The van der Waals surface area contributed by atoms with Crippen LogP contribution in [0.5, 0.6) is 0 Å². The molecule has 0 aliphatic heterocycles. The number of rotatable bonds is 7. The van der Waals surface area contributed by atoms with E-state index in [0.717, 1.165) is 12.4 Å². The van der Waals surface area contributed by atoms with E-state index in [1.807, 2.05) is 13.8 Å². The molecule has 0 fully saturated rings. The van der Waals surface area contributed by atoms with E-state index in [0.29, 0.717) is 29.1 Å². The molecule has 2 rings (SSSR count). The van der Waals surface area contributed by atoms with Crippen LogP contribution in [0.4, 0.5) is 5.69 Å². The number of nitrogens with one attached hydrogen (secondary N) is 1. The van der Waals surface area contributed by atoms with Crippen molar-refractivity contribution in [3.05, 3.63) is 65.1 Å². The van der Waals surface area contributed by atoms with Crippen LogP contribution >= 0.6 is 0 Å². The number of carbonyl (C=O) groups is 3. The number of carbonyl (C=O) groups excluding carboxylic acids is 3. The summed E-state index contributed by atoms with van der Waals surface area (Å²) in [6.07, 6.45) is 2.33. The first-order valence-corrected chi connectivity index (χ1v) is 8.49. The number of benzene rings is 1. The third-order valence-electron chi connectivity index (χ3n) is 3.84. The van der Waals surface area contributed by atoms with Gasteiger partial charge in [-0.1, -0.05) is 0 Å². The number of esters is 1. The average Bonchev–Trinajstić information content (AvgIpc) is 2.68. The van der Waals surface area contributed by atoms with Crippen LogP contribution in [0.3, 0.4) is 0 Å². The zero-order chi connectivity index (χ0) is 19.8. The maximum atomic E-state index is 12.2. The summed E-state index contributed by atoms with van der Waals surface area (Å²) in [5.74, 6) is -1.29. The van der Waals surface area contributed by atoms with Crippen molar-refractivity contribution in [3.63, 3.8) is 0 Å². The van der Waals surface area contributed by atoms with Crippen molar-refractivity contribution in [2.45, 2.75) is 13.8 Å². The molecular weight excluding hydrogens is 350 g/mol. The predicted molar refractivity (Wildman–Crippen MR) is 98.0 cm³/mol. The van der Waals surface area contributed by atoms with Gasteiger partial charge in [-0.15, -0.1) is 0 Å². The van der Waals surface area contributed by atoms with E-state index in [1.165, 1.54) is 12.1 Å². The Hall–Kier alpha value is -3.42. The molecule has 0 aliphatic rings. The van der Waals surface area contributed by atoms with Crippen LogP contribution in [0, 0.1) is 5.21 Å².